The summed E-state index contributed by atoms with van der Waals surface area (Å²) in [4.78, 5) is 0.298. The van der Waals surface area contributed by atoms with Gasteiger partial charge in [0.15, 0.2) is 10.6 Å². The second-order valence-electron chi connectivity index (χ2n) is 8.42. The fourth-order valence-corrected chi connectivity index (χ4v) is 7.27. The molecule has 0 spiro atoms. The number of fused-ring (bicyclic) bond motifs is 2. The van der Waals surface area contributed by atoms with Gasteiger partial charge in [0, 0.05) is 24.7 Å². The summed E-state index contributed by atoms with van der Waals surface area (Å²) in [6, 6.07) is 7.33. The summed E-state index contributed by atoms with van der Waals surface area (Å²) in [6.07, 6.45) is 5.28. The molecule has 1 N–H and O–H groups in total. The van der Waals surface area contributed by atoms with E-state index < -0.39 is 10.0 Å². The highest BCUT2D eigenvalue weighted by Gasteiger charge is 2.43. The lowest BCUT2D eigenvalue weighted by Crippen LogP contribution is -2.30. The van der Waals surface area contributed by atoms with Gasteiger partial charge >= 0.3 is 0 Å². The number of aromatic amines is 1. The molecule has 0 amide bonds. The lowest BCUT2D eigenvalue weighted by atomic mass is 9.84. The summed E-state index contributed by atoms with van der Waals surface area (Å²) in [7, 11) is -3.52. The molecule has 2 fully saturated rings. The Bertz CT molecular complexity index is 1040. The fraction of sp³-hybridized carbons (Fsp3) is 0.619. The van der Waals surface area contributed by atoms with E-state index in [1.807, 2.05) is 19.9 Å². The predicted molar refractivity (Wildman–Crippen MR) is 117 cm³/mol. The van der Waals surface area contributed by atoms with Crippen molar-refractivity contribution in [2.24, 2.45) is 17.8 Å². The van der Waals surface area contributed by atoms with Crippen LogP contribution in [0.3, 0.4) is 0 Å². The average molecular weight is 435 g/mol. The Labute approximate surface area is 178 Å². The van der Waals surface area contributed by atoms with Crippen molar-refractivity contribution in [3.63, 3.8) is 0 Å². The maximum atomic E-state index is 13.0. The second kappa shape index (κ2) is 7.96. The number of rotatable bonds is 7. The third kappa shape index (κ3) is 3.59. The number of hydrogen-bond acceptors (Lipinski definition) is 4. The SMILES string of the molecule is CCN(CC)S(=O)(=O)c1cccc(-c2n[nH]c(=S)n2[C@H](C)[C@@H]2C[C@H]3CC[C@H]2C3)c1. The lowest BCUT2D eigenvalue weighted by molar-refractivity contribution is 0.242. The molecule has 158 valence electrons. The molecule has 2 aliphatic rings. The number of H-pyrrole nitrogens is 1. The van der Waals surface area contributed by atoms with E-state index in [0.717, 1.165) is 23.2 Å². The first-order valence-electron chi connectivity index (χ1n) is 10.6. The van der Waals surface area contributed by atoms with Crippen LogP contribution in [0.15, 0.2) is 29.2 Å². The van der Waals surface area contributed by atoms with Gasteiger partial charge in [-0.25, -0.2) is 8.42 Å². The summed E-state index contributed by atoms with van der Waals surface area (Å²) >= 11 is 5.57. The Morgan fingerprint density at radius 2 is 2.03 bits per heavy atom. The molecule has 2 aliphatic carbocycles. The minimum atomic E-state index is -3.52. The molecule has 0 saturated heterocycles. The highest BCUT2D eigenvalue weighted by atomic mass is 32.2. The topological polar surface area (TPSA) is 71.0 Å². The van der Waals surface area contributed by atoms with Gasteiger partial charge in [-0.15, -0.1) is 0 Å². The first kappa shape index (κ1) is 20.8. The maximum absolute atomic E-state index is 13.0. The van der Waals surface area contributed by atoms with E-state index in [1.54, 1.807) is 18.2 Å². The summed E-state index contributed by atoms with van der Waals surface area (Å²) in [6.45, 7) is 6.84. The van der Waals surface area contributed by atoms with Gasteiger partial charge in [0.25, 0.3) is 0 Å². The summed E-state index contributed by atoms with van der Waals surface area (Å²) in [5.41, 5.74) is 0.778. The molecule has 0 aliphatic heterocycles. The van der Waals surface area contributed by atoms with Gasteiger partial charge in [-0.3, -0.25) is 9.67 Å². The van der Waals surface area contributed by atoms with Gasteiger partial charge in [-0.05, 0) is 68.3 Å². The molecule has 29 heavy (non-hydrogen) atoms. The van der Waals surface area contributed by atoms with Crippen LogP contribution in [-0.4, -0.2) is 40.6 Å². The Morgan fingerprint density at radius 1 is 1.28 bits per heavy atom. The van der Waals surface area contributed by atoms with Crippen molar-refractivity contribution < 1.29 is 8.42 Å². The largest absolute Gasteiger partial charge is 0.297 e. The molecular formula is C21H30N4O2S2. The van der Waals surface area contributed by atoms with Crippen molar-refractivity contribution in [2.45, 2.75) is 57.4 Å². The average Bonchev–Trinajstić information content (AvgIpc) is 3.44. The van der Waals surface area contributed by atoms with Crippen LogP contribution in [0.5, 0.6) is 0 Å². The number of hydrogen-bond donors (Lipinski definition) is 1. The zero-order valence-electron chi connectivity index (χ0n) is 17.3. The van der Waals surface area contributed by atoms with Gasteiger partial charge in [-0.1, -0.05) is 32.4 Å². The smallest absolute Gasteiger partial charge is 0.243 e. The predicted octanol–water partition coefficient (Wildman–Crippen LogP) is 4.64. The van der Waals surface area contributed by atoms with Crippen molar-refractivity contribution in [1.82, 2.24) is 19.1 Å². The van der Waals surface area contributed by atoms with E-state index >= 15 is 0 Å². The van der Waals surface area contributed by atoms with Crippen LogP contribution in [0.4, 0.5) is 0 Å². The Hall–Kier alpha value is -1.51. The van der Waals surface area contributed by atoms with Crippen molar-refractivity contribution in [3.8, 4) is 11.4 Å². The Morgan fingerprint density at radius 3 is 2.66 bits per heavy atom. The molecule has 1 heterocycles. The number of aromatic nitrogens is 3. The minimum Gasteiger partial charge on any atom is -0.297 e. The summed E-state index contributed by atoms with van der Waals surface area (Å²) in [5.74, 6) is 2.97. The van der Waals surface area contributed by atoms with Crippen LogP contribution in [0.25, 0.3) is 11.4 Å². The number of benzene rings is 1. The van der Waals surface area contributed by atoms with Crippen LogP contribution in [0.2, 0.25) is 0 Å². The van der Waals surface area contributed by atoms with E-state index in [1.165, 1.54) is 30.0 Å². The van der Waals surface area contributed by atoms with Crippen molar-refractivity contribution in [1.29, 1.82) is 0 Å². The monoisotopic (exact) mass is 434 g/mol. The molecule has 2 saturated carbocycles. The molecule has 0 radical (unpaired) electrons. The van der Waals surface area contributed by atoms with E-state index in [-0.39, 0.29) is 6.04 Å². The third-order valence-electron chi connectivity index (χ3n) is 6.96. The van der Waals surface area contributed by atoms with Crippen LogP contribution >= 0.6 is 12.2 Å². The van der Waals surface area contributed by atoms with E-state index in [0.29, 0.717) is 28.7 Å². The van der Waals surface area contributed by atoms with Crippen LogP contribution < -0.4 is 0 Å². The lowest BCUT2D eigenvalue weighted by Gasteiger charge is -2.29. The molecule has 1 aromatic heterocycles. The minimum absolute atomic E-state index is 0.245. The van der Waals surface area contributed by atoms with Gasteiger partial charge < -0.3 is 0 Å². The van der Waals surface area contributed by atoms with Gasteiger partial charge in [-0.2, -0.15) is 9.40 Å². The molecule has 8 heteroatoms. The molecule has 6 nitrogen and oxygen atoms in total. The summed E-state index contributed by atoms with van der Waals surface area (Å²) in [5, 5.41) is 7.43. The fourth-order valence-electron chi connectivity index (χ4n) is 5.47. The zero-order valence-corrected chi connectivity index (χ0v) is 19.0. The molecule has 2 aromatic rings. The van der Waals surface area contributed by atoms with Crippen LogP contribution in [-0.2, 0) is 10.0 Å². The summed E-state index contributed by atoms with van der Waals surface area (Å²) < 4.78 is 30.1. The van der Waals surface area contributed by atoms with Crippen LogP contribution in [0.1, 0.15) is 52.5 Å². The van der Waals surface area contributed by atoms with Gasteiger partial charge in [0.1, 0.15) is 0 Å². The molecular weight excluding hydrogens is 404 g/mol. The quantitative estimate of drug-likeness (QED) is 0.645. The first-order chi connectivity index (χ1) is 13.9. The highest BCUT2D eigenvalue weighted by molar-refractivity contribution is 7.89. The number of nitrogens with zero attached hydrogens (tertiary/aromatic N) is 3. The van der Waals surface area contributed by atoms with Crippen LogP contribution in [0, 0.1) is 22.5 Å². The zero-order chi connectivity index (χ0) is 20.8. The third-order valence-corrected chi connectivity index (χ3v) is 9.29. The van der Waals surface area contributed by atoms with Crippen molar-refractivity contribution in [2.75, 3.05) is 13.1 Å². The highest BCUT2D eigenvalue weighted by Crippen LogP contribution is 2.52. The van der Waals surface area contributed by atoms with Gasteiger partial charge in [0.2, 0.25) is 10.0 Å². The number of nitrogens with one attached hydrogen (secondary N) is 1. The molecule has 0 unspecified atom stereocenters. The van der Waals surface area contributed by atoms with Crippen molar-refractivity contribution >= 4 is 22.2 Å². The van der Waals surface area contributed by atoms with Crippen molar-refractivity contribution in [3.05, 3.63) is 29.0 Å². The van der Waals surface area contributed by atoms with Gasteiger partial charge in [0.05, 0.1) is 4.90 Å². The molecule has 4 atom stereocenters. The van der Waals surface area contributed by atoms with E-state index in [2.05, 4.69) is 21.7 Å². The Kier molecular flexibility index (Phi) is 5.70. The molecule has 2 bridgehead atoms. The standard InChI is InChI=1S/C21H30N4O2S2/c1-4-24(5-2)29(26,27)18-8-6-7-17(13-18)20-22-23-21(28)25(20)14(3)19-12-15-9-10-16(19)11-15/h6-8,13-16,19H,4-5,9-12H2,1-3H3,(H,23,28)/t14-,15+,16+,19+/m1/s1. The maximum Gasteiger partial charge on any atom is 0.243 e. The molecule has 1 aromatic carbocycles. The molecule has 4 rings (SSSR count). The normalized spacial score (nSPS) is 25.0. The second-order valence-corrected chi connectivity index (χ2v) is 10.7. The first-order valence-corrected chi connectivity index (χ1v) is 12.5. The van der Waals surface area contributed by atoms with E-state index in [4.69, 9.17) is 12.2 Å². The number of sulfonamides is 1. The Balaban J connectivity index is 1.71. The van der Waals surface area contributed by atoms with E-state index in [9.17, 15) is 8.42 Å².